The van der Waals surface area contributed by atoms with Crippen LogP contribution in [0.4, 0.5) is 0 Å². The maximum absolute atomic E-state index is 2.41. The van der Waals surface area contributed by atoms with Crippen LogP contribution in [-0.2, 0) is 0 Å². The lowest BCUT2D eigenvalue weighted by Crippen LogP contribution is -2.12. The van der Waals surface area contributed by atoms with E-state index in [-0.39, 0.29) is 0 Å². The van der Waals surface area contributed by atoms with Gasteiger partial charge in [0.05, 0.1) is 0 Å². The van der Waals surface area contributed by atoms with Gasteiger partial charge in [0.1, 0.15) is 0 Å². The van der Waals surface area contributed by atoms with Gasteiger partial charge in [0.25, 0.3) is 0 Å². The SMILES string of the molecule is CCCCC1CCCC(C)C1. The van der Waals surface area contributed by atoms with Crippen molar-refractivity contribution < 1.29 is 0 Å². The molecule has 0 aromatic rings. The van der Waals surface area contributed by atoms with Crippen molar-refractivity contribution in [2.45, 2.75) is 58.8 Å². The van der Waals surface area contributed by atoms with Gasteiger partial charge in [-0.2, -0.15) is 0 Å². The third kappa shape index (κ3) is 3.27. The molecule has 1 fully saturated rings. The zero-order valence-corrected chi connectivity index (χ0v) is 8.10. The average Bonchev–Trinajstić information content (AvgIpc) is 2.01. The van der Waals surface area contributed by atoms with Crippen molar-refractivity contribution >= 4 is 0 Å². The molecule has 66 valence electrons. The minimum Gasteiger partial charge on any atom is -0.0654 e. The zero-order valence-electron chi connectivity index (χ0n) is 8.10. The minimum absolute atomic E-state index is 1.02. The molecule has 0 aliphatic heterocycles. The number of hydrogen-bond acceptors (Lipinski definition) is 0. The summed E-state index contributed by atoms with van der Waals surface area (Å²) in [6.07, 6.45) is 10.4. The average molecular weight is 154 g/mol. The maximum atomic E-state index is 2.41. The molecular weight excluding hydrogens is 132 g/mol. The molecule has 1 saturated carbocycles. The van der Waals surface area contributed by atoms with Gasteiger partial charge in [-0.1, -0.05) is 52.4 Å². The fourth-order valence-electron chi connectivity index (χ4n) is 2.31. The van der Waals surface area contributed by atoms with E-state index in [1.807, 2.05) is 0 Å². The Balaban J connectivity index is 2.12. The Labute approximate surface area is 71.4 Å². The molecule has 0 heteroatoms. The Hall–Kier alpha value is 0. The van der Waals surface area contributed by atoms with Gasteiger partial charge in [-0.15, -0.1) is 0 Å². The largest absolute Gasteiger partial charge is 0.0654 e. The first kappa shape index (κ1) is 9.09. The van der Waals surface area contributed by atoms with E-state index in [1.165, 1.54) is 44.9 Å². The molecule has 0 nitrogen and oxygen atoms in total. The molecule has 0 N–H and O–H groups in total. The summed E-state index contributed by atoms with van der Waals surface area (Å²) < 4.78 is 0. The lowest BCUT2D eigenvalue weighted by Gasteiger charge is -2.26. The van der Waals surface area contributed by atoms with Crippen LogP contribution in [0.15, 0.2) is 0 Å². The van der Waals surface area contributed by atoms with E-state index >= 15 is 0 Å². The molecule has 2 atom stereocenters. The van der Waals surface area contributed by atoms with Gasteiger partial charge in [-0.3, -0.25) is 0 Å². The lowest BCUT2D eigenvalue weighted by atomic mass is 9.80. The summed E-state index contributed by atoms with van der Waals surface area (Å²) in [5.74, 6) is 2.10. The van der Waals surface area contributed by atoms with Gasteiger partial charge < -0.3 is 0 Å². The highest BCUT2D eigenvalue weighted by Crippen LogP contribution is 2.31. The minimum atomic E-state index is 1.02. The molecule has 1 aliphatic carbocycles. The van der Waals surface area contributed by atoms with Crippen molar-refractivity contribution in [2.75, 3.05) is 0 Å². The summed E-state index contributed by atoms with van der Waals surface area (Å²) in [4.78, 5) is 0. The van der Waals surface area contributed by atoms with Gasteiger partial charge in [0.15, 0.2) is 0 Å². The van der Waals surface area contributed by atoms with Gasteiger partial charge in [0.2, 0.25) is 0 Å². The molecule has 0 saturated heterocycles. The van der Waals surface area contributed by atoms with Crippen molar-refractivity contribution in [2.24, 2.45) is 11.8 Å². The van der Waals surface area contributed by atoms with Crippen molar-refractivity contribution in [3.05, 3.63) is 0 Å². The maximum Gasteiger partial charge on any atom is -0.0412 e. The Bertz CT molecular complexity index is 96.2. The van der Waals surface area contributed by atoms with E-state index in [0.717, 1.165) is 11.8 Å². The second kappa shape index (κ2) is 4.79. The van der Waals surface area contributed by atoms with E-state index in [9.17, 15) is 0 Å². The van der Waals surface area contributed by atoms with Gasteiger partial charge >= 0.3 is 0 Å². The van der Waals surface area contributed by atoms with Crippen LogP contribution in [0.2, 0.25) is 0 Å². The second-order valence-corrected chi connectivity index (χ2v) is 4.28. The molecule has 0 bridgehead atoms. The Kier molecular flexibility index (Phi) is 3.96. The summed E-state index contributed by atoms with van der Waals surface area (Å²) in [5, 5.41) is 0. The summed E-state index contributed by atoms with van der Waals surface area (Å²) in [5.41, 5.74) is 0. The number of hydrogen-bond donors (Lipinski definition) is 0. The Morgan fingerprint density at radius 3 is 2.73 bits per heavy atom. The molecule has 1 aliphatic rings. The van der Waals surface area contributed by atoms with Gasteiger partial charge in [0, 0.05) is 0 Å². The number of unbranched alkanes of at least 4 members (excludes halogenated alkanes) is 1. The van der Waals surface area contributed by atoms with Crippen molar-refractivity contribution in [1.82, 2.24) is 0 Å². The Morgan fingerprint density at radius 2 is 2.09 bits per heavy atom. The third-order valence-electron chi connectivity index (χ3n) is 3.01. The highest BCUT2D eigenvalue weighted by Gasteiger charge is 2.17. The smallest absolute Gasteiger partial charge is 0.0412 e. The third-order valence-corrected chi connectivity index (χ3v) is 3.01. The van der Waals surface area contributed by atoms with Crippen molar-refractivity contribution in [1.29, 1.82) is 0 Å². The molecule has 1 rings (SSSR count). The van der Waals surface area contributed by atoms with E-state index in [1.54, 1.807) is 0 Å². The Morgan fingerprint density at radius 1 is 1.27 bits per heavy atom. The fourth-order valence-corrected chi connectivity index (χ4v) is 2.31. The monoisotopic (exact) mass is 154 g/mol. The van der Waals surface area contributed by atoms with Gasteiger partial charge in [-0.25, -0.2) is 0 Å². The molecule has 0 heterocycles. The van der Waals surface area contributed by atoms with Gasteiger partial charge in [-0.05, 0) is 18.3 Å². The number of rotatable bonds is 3. The van der Waals surface area contributed by atoms with Crippen LogP contribution in [0.1, 0.15) is 58.8 Å². The lowest BCUT2D eigenvalue weighted by molar-refractivity contribution is 0.265. The molecule has 11 heavy (non-hydrogen) atoms. The predicted molar refractivity (Wildman–Crippen MR) is 50.6 cm³/mol. The van der Waals surface area contributed by atoms with E-state index in [2.05, 4.69) is 13.8 Å². The normalized spacial score (nSPS) is 32.2. The first-order valence-corrected chi connectivity index (χ1v) is 5.33. The summed E-state index contributed by atoms with van der Waals surface area (Å²) in [6, 6.07) is 0. The van der Waals surface area contributed by atoms with E-state index in [4.69, 9.17) is 0 Å². The summed E-state index contributed by atoms with van der Waals surface area (Å²) in [6.45, 7) is 4.71. The highest BCUT2D eigenvalue weighted by atomic mass is 14.2. The first-order valence-electron chi connectivity index (χ1n) is 5.33. The van der Waals surface area contributed by atoms with Crippen LogP contribution < -0.4 is 0 Å². The van der Waals surface area contributed by atoms with Crippen molar-refractivity contribution in [3.8, 4) is 0 Å². The molecule has 0 spiro atoms. The zero-order chi connectivity index (χ0) is 8.10. The molecule has 0 aromatic carbocycles. The van der Waals surface area contributed by atoms with Crippen LogP contribution in [0.25, 0.3) is 0 Å². The molecule has 0 aromatic heterocycles. The van der Waals surface area contributed by atoms with E-state index in [0.29, 0.717) is 0 Å². The quantitative estimate of drug-likeness (QED) is 0.576. The van der Waals surface area contributed by atoms with Crippen LogP contribution in [0.5, 0.6) is 0 Å². The standard InChI is InChI=1S/C11H22/c1-3-4-7-11-8-5-6-10(2)9-11/h10-11H,3-9H2,1-2H3. The van der Waals surface area contributed by atoms with E-state index < -0.39 is 0 Å². The molecular formula is C11H22. The molecule has 0 amide bonds. The first-order chi connectivity index (χ1) is 5.33. The van der Waals surface area contributed by atoms with Crippen molar-refractivity contribution in [3.63, 3.8) is 0 Å². The van der Waals surface area contributed by atoms with Crippen LogP contribution in [0, 0.1) is 11.8 Å². The fraction of sp³-hybridized carbons (Fsp3) is 1.00. The molecule has 2 unspecified atom stereocenters. The summed E-state index contributed by atoms with van der Waals surface area (Å²) in [7, 11) is 0. The topological polar surface area (TPSA) is 0 Å². The molecule has 0 radical (unpaired) electrons. The second-order valence-electron chi connectivity index (χ2n) is 4.28. The highest BCUT2D eigenvalue weighted by molar-refractivity contribution is 4.70. The predicted octanol–water partition coefficient (Wildman–Crippen LogP) is 4.00. The van der Waals surface area contributed by atoms with Crippen LogP contribution >= 0.6 is 0 Å². The van der Waals surface area contributed by atoms with Crippen LogP contribution in [-0.4, -0.2) is 0 Å². The summed E-state index contributed by atoms with van der Waals surface area (Å²) >= 11 is 0. The van der Waals surface area contributed by atoms with Crippen LogP contribution in [0.3, 0.4) is 0 Å².